The van der Waals surface area contributed by atoms with Crippen LogP contribution in [0.3, 0.4) is 0 Å². The van der Waals surface area contributed by atoms with Crippen LogP contribution in [0.15, 0.2) is 18.6 Å². The van der Waals surface area contributed by atoms with Gasteiger partial charge in [-0.3, -0.25) is 4.79 Å². The highest BCUT2D eigenvalue weighted by Gasteiger charge is 2.21. The van der Waals surface area contributed by atoms with Gasteiger partial charge in [0, 0.05) is 29.4 Å². The van der Waals surface area contributed by atoms with Gasteiger partial charge >= 0.3 is 0 Å². The van der Waals surface area contributed by atoms with E-state index >= 15 is 0 Å². The molecule has 18 heavy (non-hydrogen) atoms. The van der Waals surface area contributed by atoms with Crippen molar-refractivity contribution in [2.24, 2.45) is 0 Å². The minimum absolute atomic E-state index is 0.0760. The second kappa shape index (κ2) is 4.53. The van der Waals surface area contributed by atoms with E-state index in [2.05, 4.69) is 19.2 Å². The van der Waals surface area contributed by atoms with Crippen molar-refractivity contribution >= 4 is 17.4 Å². The van der Waals surface area contributed by atoms with Gasteiger partial charge in [0.15, 0.2) is 0 Å². The van der Waals surface area contributed by atoms with Crippen LogP contribution in [0.2, 0.25) is 0 Å². The number of aryl methyl sites for hydroxylation is 2. The zero-order valence-corrected chi connectivity index (χ0v) is 10.9. The van der Waals surface area contributed by atoms with E-state index in [-0.39, 0.29) is 11.9 Å². The smallest absolute Gasteiger partial charge is 0.271 e. The van der Waals surface area contributed by atoms with Gasteiger partial charge in [-0.15, -0.1) is 0 Å². The van der Waals surface area contributed by atoms with E-state index in [0.29, 0.717) is 5.69 Å². The summed E-state index contributed by atoms with van der Waals surface area (Å²) in [5, 5.41) is 3.04. The lowest BCUT2D eigenvalue weighted by atomic mass is 10.1. The third-order valence-corrected chi connectivity index (χ3v) is 3.85. The van der Waals surface area contributed by atoms with Crippen molar-refractivity contribution in [3.8, 4) is 0 Å². The Morgan fingerprint density at radius 1 is 1.61 bits per heavy atom. The van der Waals surface area contributed by atoms with Crippen LogP contribution >= 0.6 is 11.5 Å². The topological polar surface area (TPSA) is 59.8 Å². The molecule has 5 nitrogen and oxygen atoms in total. The summed E-state index contributed by atoms with van der Waals surface area (Å²) in [6.45, 7) is 2.75. The fourth-order valence-electron chi connectivity index (χ4n) is 2.22. The molecule has 1 atom stereocenters. The molecule has 1 amide bonds. The van der Waals surface area contributed by atoms with E-state index in [4.69, 9.17) is 0 Å². The van der Waals surface area contributed by atoms with Gasteiger partial charge in [-0.2, -0.15) is 4.37 Å². The highest BCUT2D eigenvalue weighted by Crippen LogP contribution is 2.15. The lowest BCUT2D eigenvalue weighted by molar-refractivity contribution is 0.0924. The number of imidazole rings is 1. The van der Waals surface area contributed by atoms with Gasteiger partial charge in [0.05, 0.1) is 6.33 Å². The average Bonchev–Trinajstić information content (AvgIpc) is 2.96. The van der Waals surface area contributed by atoms with Gasteiger partial charge in [0.1, 0.15) is 5.69 Å². The predicted molar refractivity (Wildman–Crippen MR) is 68.7 cm³/mol. The zero-order chi connectivity index (χ0) is 12.5. The summed E-state index contributed by atoms with van der Waals surface area (Å²) in [5.41, 5.74) is 1.76. The molecule has 3 heterocycles. The molecule has 0 aromatic carbocycles. The maximum atomic E-state index is 12.0. The first kappa shape index (κ1) is 11.4. The van der Waals surface area contributed by atoms with Crippen LogP contribution in [0.25, 0.3) is 0 Å². The van der Waals surface area contributed by atoms with Gasteiger partial charge < -0.3 is 9.88 Å². The van der Waals surface area contributed by atoms with Crippen molar-refractivity contribution in [2.45, 2.75) is 32.4 Å². The number of aromatic nitrogens is 3. The zero-order valence-electron chi connectivity index (χ0n) is 10.1. The molecule has 0 spiro atoms. The monoisotopic (exact) mass is 262 g/mol. The Bertz CT molecular complexity index is 574. The first-order valence-electron chi connectivity index (χ1n) is 5.95. The molecule has 0 bridgehead atoms. The number of hydrogen-bond acceptors (Lipinski definition) is 4. The number of carbonyl (C=O) groups excluding carboxylic acids is 1. The maximum absolute atomic E-state index is 12.0. The lowest BCUT2D eigenvalue weighted by Crippen LogP contribution is -2.40. The summed E-state index contributed by atoms with van der Waals surface area (Å²) in [4.78, 5) is 17.2. The van der Waals surface area contributed by atoms with Crippen LogP contribution in [-0.2, 0) is 13.0 Å². The minimum atomic E-state index is -0.0760. The molecule has 0 aliphatic carbocycles. The Hall–Kier alpha value is -1.69. The van der Waals surface area contributed by atoms with E-state index in [1.165, 1.54) is 17.2 Å². The third-order valence-electron chi connectivity index (χ3n) is 3.16. The van der Waals surface area contributed by atoms with Crippen LogP contribution in [0.4, 0.5) is 0 Å². The van der Waals surface area contributed by atoms with E-state index in [1.54, 1.807) is 0 Å². The maximum Gasteiger partial charge on any atom is 0.271 e. The molecular weight excluding hydrogens is 248 g/mol. The number of amides is 1. The van der Waals surface area contributed by atoms with Crippen molar-refractivity contribution in [2.75, 3.05) is 0 Å². The number of nitrogens with one attached hydrogen (secondary N) is 1. The molecule has 1 aliphatic rings. The summed E-state index contributed by atoms with van der Waals surface area (Å²) < 4.78 is 6.22. The standard InChI is InChI=1S/C12H14N4OS/c1-8-4-11(15-18-8)12(17)14-9-2-3-10-5-13-7-16(10)6-9/h4-5,7,9H,2-3,6H2,1H3,(H,14,17). The quantitative estimate of drug-likeness (QED) is 0.889. The predicted octanol–water partition coefficient (Wildman–Crippen LogP) is 1.39. The summed E-state index contributed by atoms with van der Waals surface area (Å²) >= 11 is 1.36. The number of nitrogens with zero attached hydrogens (tertiary/aromatic N) is 3. The summed E-state index contributed by atoms with van der Waals surface area (Å²) in [7, 11) is 0. The summed E-state index contributed by atoms with van der Waals surface area (Å²) in [6, 6.07) is 1.99. The van der Waals surface area contributed by atoms with Crippen LogP contribution in [-0.4, -0.2) is 25.9 Å². The van der Waals surface area contributed by atoms with Crippen molar-refractivity contribution in [3.05, 3.63) is 34.9 Å². The Kier molecular flexibility index (Phi) is 2.87. The highest BCUT2D eigenvalue weighted by atomic mass is 32.1. The van der Waals surface area contributed by atoms with Gasteiger partial charge in [-0.05, 0) is 37.4 Å². The molecule has 1 aliphatic heterocycles. The number of carbonyl (C=O) groups is 1. The Morgan fingerprint density at radius 3 is 3.28 bits per heavy atom. The third kappa shape index (κ3) is 2.15. The molecule has 0 saturated heterocycles. The van der Waals surface area contributed by atoms with Crippen LogP contribution in [0.5, 0.6) is 0 Å². The van der Waals surface area contributed by atoms with Crippen molar-refractivity contribution in [3.63, 3.8) is 0 Å². The molecule has 1 unspecified atom stereocenters. The lowest BCUT2D eigenvalue weighted by Gasteiger charge is -2.24. The molecule has 2 aromatic heterocycles. The first-order chi connectivity index (χ1) is 8.72. The molecular formula is C12H14N4OS. The molecule has 1 N–H and O–H groups in total. The molecule has 0 saturated carbocycles. The fourth-order valence-corrected chi connectivity index (χ4v) is 2.76. The Balaban J connectivity index is 1.66. The van der Waals surface area contributed by atoms with E-state index in [9.17, 15) is 4.79 Å². The largest absolute Gasteiger partial charge is 0.346 e. The van der Waals surface area contributed by atoms with E-state index in [1.807, 2.05) is 25.5 Å². The SMILES string of the molecule is Cc1cc(C(=O)NC2CCc3cncn3C2)ns1. The Morgan fingerprint density at radius 2 is 2.50 bits per heavy atom. The number of hydrogen-bond donors (Lipinski definition) is 1. The minimum Gasteiger partial charge on any atom is -0.346 e. The molecule has 0 radical (unpaired) electrons. The van der Waals surface area contributed by atoms with Crippen molar-refractivity contribution in [1.82, 2.24) is 19.2 Å². The van der Waals surface area contributed by atoms with Crippen molar-refractivity contribution in [1.29, 1.82) is 0 Å². The normalized spacial score (nSPS) is 18.4. The van der Waals surface area contributed by atoms with Gasteiger partial charge in [-0.1, -0.05) is 0 Å². The van der Waals surface area contributed by atoms with E-state index in [0.717, 1.165) is 24.3 Å². The first-order valence-corrected chi connectivity index (χ1v) is 6.73. The number of rotatable bonds is 2. The van der Waals surface area contributed by atoms with Gasteiger partial charge in [0.2, 0.25) is 0 Å². The molecule has 2 aromatic rings. The second-order valence-electron chi connectivity index (χ2n) is 4.57. The fraction of sp³-hybridized carbons (Fsp3) is 0.417. The van der Waals surface area contributed by atoms with Gasteiger partial charge in [0.25, 0.3) is 5.91 Å². The van der Waals surface area contributed by atoms with Gasteiger partial charge in [-0.25, -0.2) is 4.98 Å². The molecule has 94 valence electrons. The van der Waals surface area contributed by atoms with Crippen LogP contribution in [0.1, 0.15) is 27.5 Å². The van der Waals surface area contributed by atoms with Crippen LogP contribution in [0, 0.1) is 6.92 Å². The number of fused-ring (bicyclic) bond motifs is 1. The van der Waals surface area contributed by atoms with Crippen LogP contribution < -0.4 is 5.32 Å². The highest BCUT2D eigenvalue weighted by molar-refractivity contribution is 7.05. The van der Waals surface area contributed by atoms with Crippen molar-refractivity contribution < 1.29 is 4.79 Å². The molecule has 6 heteroatoms. The molecule has 0 fully saturated rings. The average molecular weight is 262 g/mol. The second-order valence-corrected chi connectivity index (χ2v) is 5.58. The van der Waals surface area contributed by atoms with E-state index < -0.39 is 0 Å². The molecule has 3 rings (SSSR count). The summed E-state index contributed by atoms with van der Waals surface area (Å²) in [6.07, 6.45) is 5.63. The Labute approximate surface area is 109 Å². The summed E-state index contributed by atoms with van der Waals surface area (Å²) in [5.74, 6) is -0.0760.